The zero-order valence-electron chi connectivity index (χ0n) is 8.36. The Morgan fingerprint density at radius 1 is 1.47 bits per heavy atom. The fourth-order valence-electron chi connectivity index (χ4n) is 1.50. The molecule has 0 unspecified atom stereocenters. The zero-order valence-corrected chi connectivity index (χ0v) is 8.36. The van der Waals surface area contributed by atoms with Crippen molar-refractivity contribution in [1.29, 1.82) is 0 Å². The molecule has 0 aromatic carbocycles. The number of nitrogens with zero attached hydrogens (tertiary/aromatic N) is 2. The van der Waals surface area contributed by atoms with Crippen LogP contribution in [0.3, 0.4) is 0 Å². The number of H-pyrrole nitrogens is 1. The first-order valence-electron chi connectivity index (χ1n) is 4.71. The summed E-state index contributed by atoms with van der Waals surface area (Å²) in [5, 5.41) is 0. The molecule has 1 aliphatic rings. The highest BCUT2D eigenvalue weighted by Gasteiger charge is 2.27. The Morgan fingerprint density at radius 3 is 2.80 bits per heavy atom. The highest BCUT2D eigenvalue weighted by atomic mass is 16.2. The Morgan fingerprint density at radius 2 is 2.27 bits per heavy atom. The molecule has 0 spiro atoms. The minimum Gasteiger partial charge on any atom is -0.349 e. The maximum absolute atomic E-state index is 11.5. The number of hydrogen-bond acceptors (Lipinski definition) is 3. The molecular formula is C10H11N3O2. The lowest BCUT2D eigenvalue weighted by atomic mass is 10.3. The first-order chi connectivity index (χ1) is 7.18. The fourth-order valence-corrected chi connectivity index (χ4v) is 1.50. The Labute approximate surface area is 86.8 Å². The molecule has 0 fully saturated rings. The second-order valence-corrected chi connectivity index (χ2v) is 3.41. The summed E-state index contributed by atoms with van der Waals surface area (Å²) in [5.41, 5.74) is 0.499. The third kappa shape index (κ3) is 1.81. The molecule has 1 aromatic heterocycles. The lowest BCUT2D eigenvalue weighted by Gasteiger charge is -2.12. The summed E-state index contributed by atoms with van der Waals surface area (Å²) in [6.45, 7) is 2.02. The Kier molecular flexibility index (Phi) is 2.37. The van der Waals surface area contributed by atoms with Gasteiger partial charge < -0.3 is 4.98 Å². The highest BCUT2D eigenvalue weighted by Crippen LogP contribution is 2.11. The second-order valence-electron chi connectivity index (χ2n) is 3.41. The van der Waals surface area contributed by atoms with E-state index in [2.05, 4.69) is 9.97 Å². The van der Waals surface area contributed by atoms with Crippen molar-refractivity contribution >= 4 is 11.8 Å². The van der Waals surface area contributed by atoms with Gasteiger partial charge in [0.25, 0.3) is 11.8 Å². The van der Waals surface area contributed by atoms with Crippen LogP contribution in [0.15, 0.2) is 24.0 Å². The summed E-state index contributed by atoms with van der Waals surface area (Å²) < 4.78 is 0. The van der Waals surface area contributed by atoms with Crippen LogP contribution in [0.1, 0.15) is 12.7 Å². The second kappa shape index (κ2) is 3.68. The van der Waals surface area contributed by atoms with Crippen molar-refractivity contribution in [3.63, 3.8) is 0 Å². The van der Waals surface area contributed by atoms with Crippen LogP contribution < -0.4 is 0 Å². The van der Waals surface area contributed by atoms with Gasteiger partial charge in [0.2, 0.25) is 0 Å². The Balaban J connectivity index is 1.97. The van der Waals surface area contributed by atoms with Crippen LogP contribution in [0.25, 0.3) is 0 Å². The maximum Gasteiger partial charge on any atom is 0.256 e. The third-order valence-corrected chi connectivity index (χ3v) is 2.32. The lowest BCUT2D eigenvalue weighted by molar-refractivity contribution is -0.137. The molecule has 0 saturated heterocycles. The molecule has 0 saturated carbocycles. The van der Waals surface area contributed by atoms with Crippen LogP contribution in [0, 0.1) is 0 Å². The first-order valence-corrected chi connectivity index (χ1v) is 4.71. The molecule has 78 valence electrons. The van der Waals surface area contributed by atoms with Crippen molar-refractivity contribution in [3.05, 3.63) is 29.9 Å². The SMILES string of the molecule is CC1=CC(=O)N(CCc2ncc[nH]2)C1=O. The Bertz CT molecular complexity index is 420. The average Bonchev–Trinajstić information content (AvgIpc) is 2.76. The normalized spacial score (nSPS) is 16.1. The summed E-state index contributed by atoms with van der Waals surface area (Å²) in [7, 11) is 0. The molecule has 0 atom stereocenters. The topological polar surface area (TPSA) is 66.1 Å². The number of amides is 2. The van der Waals surface area contributed by atoms with E-state index in [0.29, 0.717) is 18.5 Å². The minimum absolute atomic E-state index is 0.202. The average molecular weight is 205 g/mol. The summed E-state index contributed by atoms with van der Waals surface area (Å²) in [6, 6.07) is 0. The molecule has 0 bridgehead atoms. The predicted molar refractivity (Wildman–Crippen MR) is 52.8 cm³/mol. The van der Waals surface area contributed by atoms with Gasteiger partial charge >= 0.3 is 0 Å². The highest BCUT2D eigenvalue weighted by molar-refractivity contribution is 6.15. The van der Waals surface area contributed by atoms with Gasteiger partial charge in [0, 0.05) is 37.0 Å². The van der Waals surface area contributed by atoms with E-state index < -0.39 is 0 Å². The lowest BCUT2D eigenvalue weighted by Crippen LogP contribution is -2.32. The number of nitrogens with one attached hydrogen (secondary N) is 1. The van der Waals surface area contributed by atoms with Crippen LogP contribution >= 0.6 is 0 Å². The van der Waals surface area contributed by atoms with E-state index in [9.17, 15) is 9.59 Å². The number of carbonyl (C=O) groups is 2. The van der Waals surface area contributed by atoms with Gasteiger partial charge in [0.1, 0.15) is 5.82 Å². The van der Waals surface area contributed by atoms with Gasteiger partial charge in [0.15, 0.2) is 0 Å². The van der Waals surface area contributed by atoms with Crippen molar-refractivity contribution in [1.82, 2.24) is 14.9 Å². The molecule has 5 heteroatoms. The summed E-state index contributed by atoms with van der Waals surface area (Å²) in [4.78, 5) is 31.0. The Hall–Kier alpha value is -1.91. The monoisotopic (exact) mass is 205 g/mol. The van der Waals surface area contributed by atoms with Gasteiger partial charge in [-0.3, -0.25) is 14.5 Å². The van der Waals surface area contributed by atoms with Gasteiger partial charge in [-0.05, 0) is 6.92 Å². The molecule has 1 aromatic rings. The van der Waals surface area contributed by atoms with Gasteiger partial charge in [-0.25, -0.2) is 4.98 Å². The van der Waals surface area contributed by atoms with Gasteiger partial charge in [0.05, 0.1) is 0 Å². The third-order valence-electron chi connectivity index (χ3n) is 2.32. The van der Waals surface area contributed by atoms with Crippen molar-refractivity contribution in [2.24, 2.45) is 0 Å². The maximum atomic E-state index is 11.5. The number of rotatable bonds is 3. The molecule has 15 heavy (non-hydrogen) atoms. The number of imidazole rings is 1. The van der Waals surface area contributed by atoms with Crippen LogP contribution in [0.2, 0.25) is 0 Å². The number of aromatic amines is 1. The van der Waals surface area contributed by atoms with Gasteiger partial charge in [-0.2, -0.15) is 0 Å². The summed E-state index contributed by atoms with van der Waals surface area (Å²) >= 11 is 0. The zero-order chi connectivity index (χ0) is 10.8. The van der Waals surface area contributed by atoms with Crippen molar-refractivity contribution < 1.29 is 9.59 Å². The molecule has 1 N–H and O–H groups in total. The van der Waals surface area contributed by atoms with E-state index in [1.807, 2.05) is 0 Å². The smallest absolute Gasteiger partial charge is 0.256 e. The standard InChI is InChI=1S/C10H11N3O2/c1-7-6-9(14)13(10(7)15)5-2-8-11-3-4-12-8/h3-4,6H,2,5H2,1H3,(H,11,12). The predicted octanol–water partition coefficient (Wildman–Crippen LogP) is 0.267. The molecule has 0 radical (unpaired) electrons. The molecule has 0 aliphatic carbocycles. The quantitative estimate of drug-likeness (QED) is 0.720. The van der Waals surface area contributed by atoms with Crippen molar-refractivity contribution in [2.75, 3.05) is 6.54 Å². The molecule has 2 heterocycles. The van der Waals surface area contributed by atoms with Gasteiger partial charge in [-0.15, -0.1) is 0 Å². The fraction of sp³-hybridized carbons (Fsp3) is 0.300. The van der Waals surface area contributed by atoms with E-state index in [-0.39, 0.29) is 11.8 Å². The molecule has 1 aliphatic heterocycles. The van der Waals surface area contributed by atoms with Crippen LogP contribution in [0.4, 0.5) is 0 Å². The van der Waals surface area contributed by atoms with Crippen LogP contribution in [-0.4, -0.2) is 33.2 Å². The van der Waals surface area contributed by atoms with Gasteiger partial charge in [-0.1, -0.05) is 0 Å². The van der Waals surface area contributed by atoms with E-state index in [1.165, 1.54) is 11.0 Å². The largest absolute Gasteiger partial charge is 0.349 e. The van der Waals surface area contributed by atoms with E-state index in [0.717, 1.165) is 5.82 Å². The minimum atomic E-state index is -0.232. The van der Waals surface area contributed by atoms with E-state index >= 15 is 0 Å². The van der Waals surface area contributed by atoms with Crippen molar-refractivity contribution in [3.8, 4) is 0 Å². The van der Waals surface area contributed by atoms with E-state index in [1.54, 1.807) is 19.3 Å². The molecule has 5 nitrogen and oxygen atoms in total. The van der Waals surface area contributed by atoms with E-state index in [4.69, 9.17) is 0 Å². The number of hydrogen-bond donors (Lipinski definition) is 1. The molecule has 2 amide bonds. The first kappa shape index (κ1) is 9.64. The van der Waals surface area contributed by atoms with Crippen LogP contribution in [0.5, 0.6) is 0 Å². The molecule has 2 rings (SSSR count). The summed E-state index contributed by atoms with van der Waals surface area (Å²) in [6.07, 6.45) is 5.29. The number of carbonyl (C=O) groups excluding carboxylic acids is 2. The van der Waals surface area contributed by atoms with Crippen LogP contribution in [-0.2, 0) is 16.0 Å². The van der Waals surface area contributed by atoms with Crippen molar-refractivity contribution in [2.45, 2.75) is 13.3 Å². The number of imide groups is 1. The number of aromatic nitrogens is 2. The molecular weight excluding hydrogens is 194 g/mol. The summed E-state index contributed by atoms with van der Waals surface area (Å²) in [5.74, 6) is 0.343.